The van der Waals surface area contributed by atoms with Crippen molar-refractivity contribution < 1.29 is 4.74 Å². The summed E-state index contributed by atoms with van der Waals surface area (Å²) < 4.78 is 5.36. The summed E-state index contributed by atoms with van der Waals surface area (Å²) >= 11 is 0. The summed E-state index contributed by atoms with van der Waals surface area (Å²) in [6, 6.07) is 2.02. The minimum absolute atomic E-state index is 0.628. The Morgan fingerprint density at radius 3 is 2.82 bits per heavy atom. The molecule has 0 aromatic carbocycles. The van der Waals surface area contributed by atoms with E-state index in [9.17, 15) is 0 Å². The van der Waals surface area contributed by atoms with Crippen molar-refractivity contribution in [2.75, 3.05) is 32.0 Å². The molecule has 4 nitrogen and oxygen atoms in total. The fourth-order valence-electron chi connectivity index (χ4n) is 2.42. The van der Waals surface area contributed by atoms with Gasteiger partial charge in [-0.3, -0.25) is 4.90 Å². The molecule has 2 N–H and O–H groups in total. The fraction of sp³-hybridized carbons (Fsp3) is 0.583. The van der Waals surface area contributed by atoms with Crippen LogP contribution < -0.4 is 11.2 Å². The minimum atomic E-state index is 0.628. The van der Waals surface area contributed by atoms with Crippen LogP contribution in [-0.2, 0) is 11.3 Å². The van der Waals surface area contributed by atoms with Gasteiger partial charge in [0.25, 0.3) is 0 Å². The third kappa shape index (κ3) is 2.98. The molecule has 0 unspecified atom stereocenters. The Bertz CT molecular complexity index is 392. The zero-order chi connectivity index (χ0) is 12.3. The van der Waals surface area contributed by atoms with Crippen molar-refractivity contribution in [1.29, 1.82) is 0 Å². The maximum Gasteiger partial charge on any atom is 0.157 e. The number of hydrogen-bond acceptors (Lipinski definition) is 4. The van der Waals surface area contributed by atoms with E-state index in [2.05, 4.69) is 16.7 Å². The summed E-state index contributed by atoms with van der Waals surface area (Å²) in [7, 11) is 1.01. The molecule has 0 bridgehead atoms. The van der Waals surface area contributed by atoms with E-state index in [4.69, 9.17) is 10.5 Å². The molecule has 2 heterocycles. The van der Waals surface area contributed by atoms with Gasteiger partial charge >= 0.3 is 0 Å². The average Bonchev–Trinajstić information content (AvgIpc) is 2.30. The quantitative estimate of drug-likeness (QED) is 0.741. The molecule has 1 aliphatic heterocycles. The highest BCUT2D eigenvalue weighted by atomic mass is 16.5. The Balaban J connectivity index is 2.18. The van der Waals surface area contributed by atoms with Crippen molar-refractivity contribution in [3.05, 3.63) is 17.3 Å². The lowest BCUT2D eigenvalue weighted by Gasteiger charge is -2.27. The van der Waals surface area contributed by atoms with Crippen LogP contribution in [0.1, 0.15) is 11.3 Å². The van der Waals surface area contributed by atoms with E-state index in [-0.39, 0.29) is 0 Å². The summed E-state index contributed by atoms with van der Waals surface area (Å²) in [6.45, 7) is 8.85. The summed E-state index contributed by atoms with van der Waals surface area (Å²) in [5.41, 5.74) is 9.56. The fourth-order valence-corrected chi connectivity index (χ4v) is 2.42. The van der Waals surface area contributed by atoms with Crippen LogP contribution in [-0.4, -0.2) is 43.5 Å². The molecule has 1 fully saturated rings. The van der Waals surface area contributed by atoms with Crippen molar-refractivity contribution in [1.82, 2.24) is 9.88 Å². The Labute approximate surface area is 103 Å². The normalized spacial score (nSPS) is 17.1. The summed E-state index contributed by atoms with van der Waals surface area (Å²) in [5.74, 6) is 0.628. The van der Waals surface area contributed by atoms with Crippen LogP contribution in [0, 0.1) is 6.92 Å². The van der Waals surface area contributed by atoms with E-state index in [0.29, 0.717) is 5.82 Å². The van der Waals surface area contributed by atoms with Crippen molar-refractivity contribution in [2.45, 2.75) is 20.3 Å². The van der Waals surface area contributed by atoms with E-state index >= 15 is 0 Å². The molecule has 17 heavy (non-hydrogen) atoms. The SMILES string of the molecule is CBc1c(CN2CCOCC2)cc(N)nc1C. The second kappa shape index (κ2) is 5.51. The number of anilines is 1. The van der Waals surface area contributed by atoms with Crippen LogP contribution in [0.2, 0.25) is 6.82 Å². The number of rotatable bonds is 3. The molecule has 0 aliphatic carbocycles. The van der Waals surface area contributed by atoms with Crippen LogP contribution in [0.4, 0.5) is 5.82 Å². The van der Waals surface area contributed by atoms with Gasteiger partial charge in [-0.25, -0.2) is 4.98 Å². The number of ether oxygens (including phenoxy) is 1. The van der Waals surface area contributed by atoms with Crippen molar-refractivity contribution in [3.63, 3.8) is 0 Å². The number of aryl methyl sites for hydroxylation is 1. The van der Waals surface area contributed by atoms with Gasteiger partial charge in [0.05, 0.1) is 13.2 Å². The second-order valence-electron chi connectivity index (χ2n) is 4.51. The smallest absolute Gasteiger partial charge is 0.157 e. The molecule has 1 aromatic rings. The Hall–Kier alpha value is -1.07. The Morgan fingerprint density at radius 2 is 2.18 bits per heavy atom. The van der Waals surface area contributed by atoms with E-state index in [1.54, 1.807) is 0 Å². The Kier molecular flexibility index (Phi) is 4.02. The first-order valence-corrected chi connectivity index (χ1v) is 6.25. The molecule has 1 saturated heterocycles. The molecule has 0 amide bonds. The monoisotopic (exact) mass is 233 g/mol. The first kappa shape index (κ1) is 12.4. The molecule has 0 atom stereocenters. The van der Waals surface area contributed by atoms with Gasteiger partial charge in [0.1, 0.15) is 5.82 Å². The van der Waals surface area contributed by atoms with Crippen molar-refractivity contribution in [2.24, 2.45) is 0 Å². The van der Waals surface area contributed by atoms with Gasteiger partial charge in [0, 0.05) is 25.3 Å². The molecule has 2 rings (SSSR count). The summed E-state index contributed by atoms with van der Waals surface area (Å²) in [4.78, 5) is 6.75. The second-order valence-corrected chi connectivity index (χ2v) is 4.51. The van der Waals surface area contributed by atoms with Crippen LogP contribution in [0.15, 0.2) is 6.07 Å². The van der Waals surface area contributed by atoms with Crippen molar-refractivity contribution >= 4 is 18.6 Å². The van der Waals surface area contributed by atoms with Crippen LogP contribution >= 0.6 is 0 Å². The largest absolute Gasteiger partial charge is 0.384 e. The molecule has 0 radical (unpaired) electrons. The van der Waals surface area contributed by atoms with Gasteiger partial charge in [-0.2, -0.15) is 0 Å². The third-order valence-corrected chi connectivity index (χ3v) is 3.29. The average molecular weight is 233 g/mol. The molecular weight excluding hydrogens is 213 g/mol. The lowest BCUT2D eigenvalue weighted by molar-refractivity contribution is 0.0343. The van der Waals surface area contributed by atoms with Crippen LogP contribution in [0.5, 0.6) is 0 Å². The highest BCUT2D eigenvalue weighted by Gasteiger charge is 2.14. The maximum atomic E-state index is 5.83. The zero-order valence-corrected chi connectivity index (χ0v) is 10.7. The zero-order valence-electron chi connectivity index (χ0n) is 10.7. The predicted octanol–water partition coefficient (Wildman–Crippen LogP) is -0.0857. The number of aromatic nitrogens is 1. The van der Waals surface area contributed by atoms with E-state index < -0.39 is 0 Å². The lowest BCUT2D eigenvalue weighted by atomic mass is 9.70. The third-order valence-electron chi connectivity index (χ3n) is 3.29. The number of morpholine rings is 1. The molecule has 1 aromatic heterocycles. The number of nitrogens with two attached hydrogens (primary N) is 1. The highest BCUT2D eigenvalue weighted by Crippen LogP contribution is 2.09. The van der Waals surface area contributed by atoms with E-state index in [0.717, 1.165) is 45.8 Å². The van der Waals surface area contributed by atoms with Gasteiger partial charge in [-0.05, 0) is 18.6 Å². The van der Waals surface area contributed by atoms with Gasteiger partial charge in [0.15, 0.2) is 7.28 Å². The van der Waals surface area contributed by atoms with E-state index in [1.165, 1.54) is 11.0 Å². The molecule has 5 heteroatoms. The number of hydrogen-bond donors (Lipinski definition) is 1. The van der Waals surface area contributed by atoms with Crippen molar-refractivity contribution in [3.8, 4) is 0 Å². The molecule has 92 valence electrons. The number of pyridine rings is 1. The standard InChI is InChI=1S/C12H20BN3O/c1-9-12(13-2)10(7-11(14)15-9)8-16-3-5-17-6-4-16/h7,13H,3-6,8H2,1-2H3,(H2,14,15). The lowest BCUT2D eigenvalue weighted by Crippen LogP contribution is -2.37. The van der Waals surface area contributed by atoms with Gasteiger partial charge in [-0.1, -0.05) is 12.3 Å². The van der Waals surface area contributed by atoms with E-state index in [1.807, 2.05) is 13.0 Å². The molecule has 0 saturated carbocycles. The first-order valence-electron chi connectivity index (χ1n) is 6.25. The summed E-state index contributed by atoms with van der Waals surface area (Å²) in [5, 5.41) is 0. The van der Waals surface area contributed by atoms with Gasteiger partial charge in [-0.15, -0.1) is 0 Å². The molecular formula is C12H20BN3O. The summed E-state index contributed by atoms with van der Waals surface area (Å²) in [6.07, 6.45) is 0. The van der Waals surface area contributed by atoms with Crippen LogP contribution in [0.25, 0.3) is 0 Å². The number of nitrogens with zero attached hydrogens (tertiary/aromatic N) is 2. The molecule has 1 aliphatic rings. The predicted molar refractivity (Wildman–Crippen MR) is 72.1 cm³/mol. The number of nitrogen functional groups attached to an aromatic ring is 1. The highest BCUT2D eigenvalue weighted by molar-refractivity contribution is 6.53. The minimum Gasteiger partial charge on any atom is -0.384 e. The Morgan fingerprint density at radius 1 is 1.47 bits per heavy atom. The first-order chi connectivity index (χ1) is 8.20. The van der Waals surface area contributed by atoms with Gasteiger partial charge < -0.3 is 10.5 Å². The maximum absolute atomic E-state index is 5.83. The van der Waals surface area contributed by atoms with Crippen LogP contribution in [0.3, 0.4) is 0 Å². The van der Waals surface area contributed by atoms with Gasteiger partial charge in [0.2, 0.25) is 0 Å². The topological polar surface area (TPSA) is 51.4 Å². The molecule has 0 spiro atoms.